The number of likely N-dealkylation sites (tertiary alicyclic amines) is 1. The zero-order valence-corrected chi connectivity index (χ0v) is 15.7. The molecule has 2 atom stereocenters. The monoisotopic (exact) mass is 394 g/mol. The first-order valence-corrected chi connectivity index (χ1v) is 9.14. The number of anilines is 1. The molecule has 1 aliphatic heterocycles. The van der Waals surface area contributed by atoms with Gasteiger partial charge in [-0.2, -0.15) is 0 Å². The topological polar surface area (TPSA) is 130 Å². The molecule has 4 rings (SSSR count). The van der Waals surface area contributed by atoms with Crippen LogP contribution in [0.25, 0.3) is 10.9 Å². The van der Waals surface area contributed by atoms with Crippen molar-refractivity contribution >= 4 is 29.1 Å². The van der Waals surface area contributed by atoms with Crippen molar-refractivity contribution in [3.63, 3.8) is 0 Å². The molecule has 1 aliphatic rings. The fourth-order valence-electron chi connectivity index (χ4n) is 3.44. The molecule has 0 unspecified atom stereocenters. The summed E-state index contributed by atoms with van der Waals surface area (Å²) in [6.45, 7) is 0.526. The van der Waals surface area contributed by atoms with E-state index in [0.717, 1.165) is 16.6 Å². The molecule has 0 bridgehead atoms. The number of amides is 1. The Morgan fingerprint density at radius 3 is 2.62 bits per heavy atom. The van der Waals surface area contributed by atoms with Crippen LogP contribution in [0.4, 0.5) is 5.82 Å². The number of hydrogen-bond donors (Lipinski definition) is 3. The minimum atomic E-state index is -0.576. The van der Waals surface area contributed by atoms with Crippen LogP contribution in [0.3, 0.4) is 0 Å². The van der Waals surface area contributed by atoms with Crippen LogP contribution in [0.5, 0.6) is 0 Å². The molecule has 150 valence electrons. The second-order valence-corrected chi connectivity index (χ2v) is 6.79. The molecule has 8 nitrogen and oxygen atoms in total. The summed E-state index contributed by atoms with van der Waals surface area (Å²) < 4.78 is 0. The number of carbonyl (C=O) groups excluding carboxylic acids is 1. The third-order valence-electron chi connectivity index (χ3n) is 4.81. The van der Waals surface area contributed by atoms with Gasteiger partial charge in [0.1, 0.15) is 11.5 Å². The Morgan fingerprint density at radius 1 is 1.10 bits per heavy atom. The highest BCUT2D eigenvalue weighted by Crippen LogP contribution is 2.23. The van der Waals surface area contributed by atoms with E-state index in [1.165, 1.54) is 0 Å². The lowest BCUT2D eigenvalue weighted by Gasteiger charge is -2.15. The van der Waals surface area contributed by atoms with E-state index in [-0.39, 0.29) is 18.3 Å². The third kappa shape index (κ3) is 4.85. The Balaban J connectivity index is 0.000000755. The van der Waals surface area contributed by atoms with Crippen molar-refractivity contribution in [1.82, 2.24) is 14.9 Å². The number of nitrogen functional groups attached to an aromatic ring is 1. The standard InChI is InChI=1S/C20H20N4O2.CH2O2/c21-19-7-3-6-17(23-19)20(26)24-11-14(18(25)12-24)10-15-9-8-13-4-1-2-5-16(13)22-15;2-1-3/h1-9,14,18,25H,10-12H2,(H2,21,23);1H,(H,2,3)/t14-,18-;/m1./s1. The van der Waals surface area contributed by atoms with Crippen molar-refractivity contribution in [1.29, 1.82) is 0 Å². The predicted octanol–water partition coefficient (Wildman–Crippen LogP) is 1.59. The first-order valence-electron chi connectivity index (χ1n) is 9.14. The number of carboxylic acid groups (broad SMARTS) is 1. The lowest BCUT2D eigenvalue weighted by molar-refractivity contribution is -0.122. The van der Waals surface area contributed by atoms with Gasteiger partial charge in [-0.05, 0) is 30.7 Å². The molecular weight excluding hydrogens is 372 g/mol. The number of aliphatic hydroxyl groups excluding tert-OH is 1. The number of benzene rings is 1. The quantitative estimate of drug-likeness (QED) is 0.575. The maximum absolute atomic E-state index is 12.6. The van der Waals surface area contributed by atoms with Crippen LogP contribution >= 0.6 is 0 Å². The Hall–Kier alpha value is -3.52. The van der Waals surface area contributed by atoms with Crippen LogP contribution in [-0.4, -0.2) is 56.7 Å². The van der Waals surface area contributed by atoms with Crippen molar-refractivity contribution in [2.24, 2.45) is 5.92 Å². The number of para-hydroxylation sites is 1. The first-order chi connectivity index (χ1) is 14.0. The Bertz CT molecular complexity index is 1010. The molecule has 1 saturated heterocycles. The summed E-state index contributed by atoms with van der Waals surface area (Å²) in [5.41, 5.74) is 7.82. The molecule has 8 heteroatoms. The second-order valence-electron chi connectivity index (χ2n) is 6.79. The van der Waals surface area contributed by atoms with Gasteiger partial charge in [-0.3, -0.25) is 14.6 Å². The first kappa shape index (κ1) is 20.2. The molecule has 0 radical (unpaired) electrons. The number of nitrogens with two attached hydrogens (primary N) is 1. The largest absolute Gasteiger partial charge is 0.483 e. The normalized spacial score (nSPS) is 18.2. The van der Waals surface area contributed by atoms with Crippen molar-refractivity contribution in [2.45, 2.75) is 12.5 Å². The van der Waals surface area contributed by atoms with E-state index in [1.807, 2.05) is 36.4 Å². The molecule has 1 aromatic carbocycles. The van der Waals surface area contributed by atoms with Crippen LogP contribution in [0.2, 0.25) is 0 Å². The number of hydrogen-bond acceptors (Lipinski definition) is 6. The Morgan fingerprint density at radius 2 is 1.86 bits per heavy atom. The highest BCUT2D eigenvalue weighted by Gasteiger charge is 2.35. The average Bonchev–Trinajstić information content (AvgIpc) is 3.08. The average molecular weight is 394 g/mol. The van der Waals surface area contributed by atoms with Gasteiger partial charge < -0.3 is 20.8 Å². The SMILES string of the molecule is Nc1cccc(C(=O)N2C[C@@H](Cc3ccc4ccccc4n3)[C@H](O)C2)n1.O=CO. The zero-order valence-electron chi connectivity index (χ0n) is 15.7. The maximum Gasteiger partial charge on any atom is 0.290 e. The van der Waals surface area contributed by atoms with E-state index >= 15 is 0 Å². The maximum atomic E-state index is 12.6. The van der Waals surface area contributed by atoms with Crippen molar-refractivity contribution < 1.29 is 19.8 Å². The summed E-state index contributed by atoms with van der Waals surface area (Å²) >= 11 is 0. The van der Waals surface area contributed by atoms with E-state index in [1.54, 1.807) is 23.1 Å². The van der Waals surface area contributed by atoms with Gasteiger partial charge >= 0.3 is 0 Å². The molecule has 0 aliphatic carbocycles. The van der Waals surface area contributed by atoms with E-state index < -0.39 is 6.10 Å². The smallest absolute Gasteiger partial charge is 0.290 e. The lowest BCUT2D eigenvalue weighted by Crippen LogP contribution is -2.30. The van der Waals surface area contributed by atoms with E-state index in [9.17, 15) is 9.90 Å². The number of aliphatic hydroxyl groups is 1. The van der Waals surface area contributed by atoms with E-state index in [4.69, 9.17) is 15.6 Å². The van der Waals surface area contributed by atoms with Gasteiger partial charge in [0.15, 0.2) is 0 Å². The van der Waals surface area contributed by atoms with E-state index in [0.29, 0.717) is 31.0 Å². The van der Waals surface area contributed by atoms with Crippen LogP contribution in [0.15, 0.2) is 54.6 Å². The second kappa shape index (κ2) is 9.11. The number of rotatable bonds is 3. The van der Waals surface area contributed by atoms with Crippen LogP contribution in [0, 0.1) is 5.92 Å². The Labute approximate surface area is 167 Å². The highest BCUT2D eigenvalue weighted by molar-refractivity contribution is 5.92. The molecule has 0 spiro atoms. The van der Waals surface area contributed by atoms with Crippen LogP contribution in [0.1, 0.15) is 16.2 Å². The molecular formula is C21H22N4O4. The summed E-state index contributed by atoms with van der Waals surface area (Å²) in [5.74, 6) is 0.0616. The number of aromatic nitrogens is 2. The molecule has 1 fully saturated rings. The van der Waals surface area contributed by atoms with Gasteiger partial charge in [0.2, 0.25) is 0 Å². The number of pyridine rings is 2. The van der Waals surface area contributed by atoms with Gasteiger partial charge in [-0.15, -0.1) is 0 Å². The van der Waals surface area contributed by atoms with Gasteiger partial charge in [0, 0.05) is 30.1 Å². The van der Waals surface area contributed by atoms with Crippen LogP contribution in [-0.2, 0) is 11.2 Å². The molecule has 4 N–H and O–H groups in total. The van der Waals surface area contributed by atoms with Crippen molar-refractivity contribution in [3.05, 3.63) is 66.0 Å². The van der Waals surface area contributed by atoms with Crippen molar-refractivity contribution in [3.8, 4) is 0 Å². The molecule has 3 heterocycles. The van der Waals surface area contributed by atoms with Crippen molar-refractivity contribution in [2.75, 3.05) is 18.8 Å². The minimum absolute atomic E-state index is 0.0475. The Kier molecular flexibility index (Phi) is 6.36. The molecule has 3 aromatic rings. The number of β-amino-alcohol motifs (C(OH)–C–C–N with tert-alkyl or cyclic N) is 1. The molecule has 29 heavy (non-hydrogen) atoms. The number of carbonyl (C=O) groups is 2. The summed E-state index contributed by atoms with van der Waals surface area (Å²) in [6, 6.07) is 17.0. The highest BCUT2D eigenvalue weighted by atomic mass is 16.3. The minimum Gasteiger partial charge on any atom is -0.483 e. The molecule has 0 saturated carbocycles. The number of fused-ring (bicyclic) bond motifs is 1. The van der Waals surface area contributed by atoms with Gasteiger partial charge in [-0.1, -0.05) is 30.3 Å². The van der Waals surface area contributed by atoms with Gasteiger partial charge in [0.05, 0.1) is 11.6 Å². The summed E-state index contributed by atoms with van der Waals surface area (Å²) in [4.78, 5) is 31.3. The fraction of sp³-hybridized carbons (Fsp3) is 0.238. The predicted molar refractivity (Wildman–Crippen MR) is 108 cm³/mol. The van der Waals surface area contributed by atoms with Gasteiger partial charge in [0.25, 0.3) is 12.4 Å². The summed E-state index contributed by atoms with van der Waals surface area (Å²) in [5, 5.41) is 18.4. The van der Waals surface area contributed by atoms with E-state index in [2.05, 4.69) is 9.97 Å². The van der Waals surface area contributed by atoms with Crippen LogP contribution < -0.4 is 5.73 Å². The summed E-state index contributed by atoms with van der Waals surface area (Å²) in [6.07, 6.45) is 0.0495. The third-order valence-corrected chi connectivity index (χ3v) is 4.81. The lowest BCUT2D eigenvalue weighted by atomic mass is 9.99. The zero-order chi connectivity index (χ0) is 20.8. The molecule has 1 amide bonds. The molecule has 2 aromatic heterocycles. The van der Waals surface area contributed by atoms with Gasteiger partial charge in [-0.25, -0.2) is 4.98 Å². The summed E-state index contributed by atoms with van der Waals surface area (Å²) in [7, 11) is 0. The fourth-order valence-corrected chi connectivity index (χ4v) is 3.44. The number of nitrogens with zero attached hydrogens (tertiary/aromatic N) is 3.